The highest BCUT2D eigenvalue weighted by molar-refractivity contribution is 7.90. The van der Waals surface area contributed by atoms with E-state index >= 15 is 0 Å². The zero-order valence-corrected chi connectivity index (χ0v) is 49.9. The summed E-state index contributed by atoms with van der Waals surface area (Å²) in [6.07, 6.45) is 5.54. The number of hydrogen-bond donors (Lipinski definition) is 4. The first-order valence-electron chi connectivity index (χ1n) is 29.2. The van der Waals surface area contributed by atoms with Crippen molar-refractivity contribution in [2.24, 2.45) is 5.92 Å². The van der Waals surface area contributed by atoms with Gasteiger partial charge < -0.3 is 44.7 Å². The van der Waals surface area contributed by atoms with Crippen molar-refractivity contribution in [3.8, 4) is 40.1 Å². The molecule has 0 radical (unpaired) electrons. The van der Waals surface area contributed by atoms with Crippen LogP contribution < -0.4 is 26.2 Å². The quantitative estimate of drug-likeness (QED) is 0.0275. The van der Waals surface area contributed by atoms with E-state index in [1.807, 2.05) is 73.7 Å². The Hall–Kier alpha value is -9.26. The van der Waals surface area contributed by atoms with Crippen LogP contribution in [0.3, 0.4) is 0 Å². The summed E-state index contributed by atoms with van der Waals surface area (Å²) < 4.78 is 43.4. The van der Waals surface area contributed by atoms with Crippen LogP contribution in [0.2, 0.25) is 0 Å². The highest BCUT2D eigenvalue weighted by Crippen LogP contribution is 2.47. The number of ether oxygens (including phenoxy) is 3. The van der Waals surface area contributed by atoms with Crippen LogP contribution in [0, 0.1) is 17.8 Å². The third-order valence-corrected chi connectivity index (χ3v) is 17.5. The van der Waals surface area contributed by atoms with E-state index in [0.29, 0.717) is 53.2 Å². The van der Waals surface area contributed by atoms with Crippen molar-refractivity contribution < 1.29 is 51.7 Å². The summed E-state index contributed by atoms with van der Waals surface area (Å²) in [7, 11) is -3.55. The van der Waals surface area contributed by atoms with E-state index < -0.39 is 57.5 Å². The number of nitrogens with zero attached hydrogens (tertiary/aromatic N) is 5. The summed E-state index contributed by atoms with van der Waals surface area (Å²) in [5.41, 5.74) is 9.04. The number of aliphatic hydroxyl groups is 1. The van der Waals surface area contributed by atoms with E-state index in [0.717, 1.165) is 74.5 Å². The lowest BCUT2D eigenvalue weighted by atomic mass is 9.85. The minimum absolute atomic E-state index is 0.0378. The normalized spacial score (nSPS) is 16.0. The molecule has 0 unspecified atom stereocenters. The fourth-order valence-electron chi connectivity index (χ4n) is 12.0. The summed E-state index contributed by atoms with van der Waals surface area (Å²) in [6.45, 7) is 9.12. The number of aryl methyl sites for hydroxylation is 2. The Morgan fingerprint density at radius 2 is 1.59 bits per heavy atom. The number of carbonyl (C=O) groups is 5. The molecular weight excluding hydrogens is 1130 g/mol. The highest BCUT2D eigenvalue weighted by atomic mass is 32.2. The monoisotopic (exact) mass is 1190 g/mol. The first-order chi connectivity index (χ1) is 41.8. The first kappa shape index (κ1) is 59.5. The molecule has 21 heteroatoms. The average molecular weight is 1200 g/mol. The minimum Gasteiger partial charge on any atom is -0.489 e. The van der Waals surface area contributed by atoms with E-state index in [4.69, 9.17) is 19.2 Å². The number of anilines is 1. The molecule has 4 aromatic carbocycles. The van der Waals surface area contributed by atoms with Gasteiger partial charge in [-0.25, -0.2) is 33.0 Å². The fourth-order valence-corrected chi connectivity index (χ4v) is 12.5. The van der Waals surface area contributed by atoms with Crippen molar-refractivity contribution in [1.29, 1.82) is 0 Å². The van der Waals surface area contributed by atoms with Crippen LogP contribution >= 0.6 is 0 Å². The molecule has 0 fully saturated rings. The number of carbonyl (C=O) groups excluding carboxylic acids is 5. The van der Waals surface area contributed by atoms with Gasteiger partial charge in [-0.15, -0.1) is 0 Å². The third kappa shape index (κ3) is 11.7. The van der Waals surface area contributed by atoms with Gasteiger partial charge in [0.25, 0.3) is 5.56 Å². The molecule has 0 saturated carbocycles. The standard InChI is InChI=1S/C66H66N8O12S/c1-7-66(81)51-30-53-58-49(34-74(53)62(78)50(51)36-85-63(66)79)45-22-16-23-48-54(28-27-52(71-58)56(45)48)84-35-40-25-26-42(29-41(40)33-73(8-2)65(80)86-59-46-20-14-12-18-43(46)44-19-13-15-21-47(44)59)70-60(76)38(5)69-61(77)57(37(3)4)72-55(75)24-11-9-10-17-39-31-67-64(68-32-39)87(6,82)83/h12-15,18-21,25-32,37-38,57,59,81H,7-9,11,16,22-24,33-36H2,1-6H3,(H,69,77)(H,70,76)(H,72,75)/t38-,57-,66-/m0/s1. The fraction of sp³-hybridized carbons (Fsp3) is 0.348. The van der Waals surface area contributed by atoms with Crippen LogP contribution in [0.1, 0.15) is 128 Å². The van der Waals surface area contributed by atoms with Gasteiger partial charge in [0.1, 0.15) is 31.0 Å². The van der Waals surface area contributed by atoms with E-state index in [2.05, 4.69) is 37.8 Å². The molecule has 0 spiro atoms. The van der Waals surface area contributed by atoms with E-state index in [9.17, 15) is 42.3 Å². The van der Waals surface area contributed by atoms with Gasteiger partial charge in [-0.05, 0) is 110 Å². The molecular formula is C66H66N8O12S. The molecule has 3 atom stereocenters. The van der Waals surface area contributed by atoms with Crippen molar-refractivity contribution in [1.82, 2.24) is 35.1 Å². The predicted octanol–water partition coefficient (Wildman–Crippen LogP) is 7.88. The summed E-state index contributed by atoms with van der Waals surface area (Å²) in [6, 6.07) is 24.6. The number of pyridine rings is 2. The molecule has 2 aliphatic heterocycles. The molecule has 4 amide bonds. The van der Waals surface area contributed by atoms with E-state index in [1.165, 1.54) is 12.4 Å². The number of fused-ring (bicyclic) bond motifs is 8. The van der Waals surface area contributed by atoms with Crippen LogP contribution in [-0.4, -0.2) is 92.6 Å². The Labute approximate surface area is 503 Å². The molecule has 87 heavy (non-hydrogen) atoms. The summed E-state index contributed by atoms with van der Waals surface area (Å²) in [4.78, 5) is 96.5. The Balaban J connectivity index is 0.812. The van der Waals surface area contributed by atoms with Gasteiger partial charge in [0, 0.05) is 83.5 Å². The van der Waals surface area contributed by atoms with Crippen LogP contribution in [-0.2, 0) is 83.2 Å². The lowest BCUT2D eigenvalue weighted by Gasteiger charge is -2.31. The topological polar surface area (TPSA) is 267 Å². The molecule has 4 aliphatic rings. The largest absolute Gasteiger partial charge is 0.489 e. The second-order valence-corrected chi connectivity index (χ2v) is 24.6. The predicted molar refractivity (Wildman–Crippen MR) is 322 cm³/mol. The third-order valence-electron chi connectivity index (χ3n) is 16.7. The number of nitrogens with one attached hydrogen (secondary N) is 3. The Morgan fingerprint density at radius 1 is 0.874 bits per heavy atom. The molecule has 5 heterocycles. The number of benzene rings is 4. The minimum atomic E-state index is -3.55. The van der Waals surface area contributed by atoms with Gasteiger partial charge in [0.2, 0.25) is 32.7 Å². The van der Waals surface area contributed by atoms with Crippen molar-refractivity contribution in [3.05, 3.63) is 163 Å². The molecule has 0 bridgehead atoms. The smallest absolute Gasteiger partial charge is 0.411 e. The van der Waals surface area contributed by atoms with Gasteiger partial charge in [-0.1, -0.05) is 87.2 Å². The molecule has 20 nitrogen and oxygen atoms in total. The van der Waals surface area contributed by atoms with Crippen molar-refractivity contribution >= 4 is 56.2 Å². The number of aromatic nitrogens is 4. The van der Waals surface area contributed by atoms with Gasteiger partial charge in [0.05, 0.1) is 34.6 Å². The van der Waals surface area contributed by atoms with Crippen LogP contribution in [0.5, 0.6) is 5.75 Å². The number of cyclic esters (lactones) is 1. The van der Waals surface area contributed by atoms with Gasteiger partial charge in [-0.3, -0.25) is 19.2 Å². The number of rotatable bonds is 18. The Kier molecular flexibility index (Phi) is 16.6. The molecule has 448 valence electrons. The zero-order valence-electron chi connectivity index (χ0n) is 49.1. The molecule has 2 aliphatic carbocycles. The van der Waals surface area contributed by atoms with Crippen LogP contribution in [0.15, 0.2) is 107 Å². The molecule has 11 rings (SSSR count). The SMILES string of the molecule is CCN(Cc1cc(NC(=O)[C@H](C)NC(=O)[C@@H](NC(=O)CCCC#Cc2cnc(S(C)(=O)=O)nc2)C(C)C)ccc1COc1ccc2nc3c(c4c2c1CCC4)Cn1c-3cc2c(c1=O)COC(=O)[C@]2(O)CC)C(=O)OC1c2ccccc2-c2ccccc21. The number of unbranched alkanes of at least 4 members (excludes halogenated alkanes) is 1. The lowest BCUT2D eigenvalue weighted by Crippen LogP contribution is -2.53. The zero-order chi connectivity index (χ0) is 61.5. The number of amides is 4. The van der Waals surface area contributed by atoms with Crippen molar-refractivity contribution in [2.45, 2.75) is 135 Å². The summed E-state index contributed by atoms with van der Waals surface area (Å²) >= 11 is 0. The summed E-state index contributed by atoms with van der Waals surface area (Å²) in [5.74, 6) is 3.86. The highest BCUT2D eigenvalue weighted by Gasteiger charge is 2.46. The molecule has 7 aromatic rings. The maximum Gasteiger partial charge on any atom is 0.411 e. The maximum atomic E-state index is 14.4. The number of esters is 1. The van der Waals surface area contributed by atoms with Gasteiger partial charge in [0.15, 0.2) is 11.7 Å². The van der Waals surface area contributed by atoms with Crippen LogP contribution in [0.4, 0.5) is 10.5 Å². The summed E-state index contributed by atoms with van der Waals surface area (Å²) in [5, 5.41) is 20.6. The van der Waals surface area contributed by atoms with Gasteiger partial charge >= 0.3 is 12.1 Å². The Morgan fingerprint density at radius 3 is 2.28 bits per heavy atom. The molecule has 3 aromatic heterocycles. The molecule has 4 N–H and O–H groups in total. The van der Waals surface area contributed by atoms with E-state index in [1.54, 1.807) is 55.4 Å². The second kappa shape index (κ2) is 24.2. The Bertz CT molecular complexity index is 4160. The van der Waals surface area contributed by atoms with Crippen molar-refractivity contribution in [3.63, 3.8) is 0 Å². The molecule has 0 saturated heterocycles. The average Bonchev–Trinajstić information content (AvgIpc) is 1.73. The van der Waals surface area contributed by atoms with E-state index in [-0.39, 0.29) is 79.4 Å². The number of hydrogen-bond acceptors (Lipinski definition) is 15. The lowest BCUT2D eigenvalue weighted by molar-refractivity contribution is -0.172. The van der Waals surface area contributed by atoms with Gasteiger partial charge in [-0.2, -0.15) is 0 Å². The second-order valence-electron chi connectivity index (χ2n) is 22.7. The number of sulfone groups is 1. The maximum absolute atomic E-state index is 14.4. The van der Waals surface area contributed by atoms with Crippen molar-refractivity contribution in [2.75, 3.05) is 18.1 Å². The van der Waals surface area contributed by atoms with Crippen LogP contribution in [0.25, 0.3) is 33.4 Å². The first-order valence-corrected chi connectivity index (χ1v) is 31.1.